The van der Waals surface area contributed by atoms with Gasteiger partial charge in [0.2, 0.25) is 0 Å². The number of pyridine rings is 1. The van der Waals surface area contributed by atoms with Crippen LogP contribution in [0.4, 0.5) is 19.0 Å². The van der Waals surface area contributed by atoms with Crippen molar-refractivity contribution < 1.29 is 27.8 Å². The summed E-state index contributed by atoms with van der Waals surface area (Å²) >= 11 is 0. The zero-order valence-electron chi connectivity index (χ0n) is 18.6. The minimum Gasteiger partial charge on any atom is -0.475 e. The van der Waals surface area contributed by atoms with Crippen molar-refractivity contribution in [2.24, 2.45) is 0 Å². The summed E-state index contributed by atoms with van der Waals surface area (Å²) in [4.78, 5) is 16.0. The van der Waals surface area contributed by atoms with Crippen LogP contribution in [-0.4, -0.2) is 68.7 Å². The predicted molar refractivity (Wildman–Crippen MR) is 115 cm³/mol. The fraction of sp³-hybridized carbons (Fsp3) is 0.545. The van der Waals surface area contributed by atoms with Crippen LogP contribution >= 0.6 is 0 Å². The van der Waals surface area contributed by atoms with Crippen LogP contribution in [0.3, 0.4) is 0 Å². The summed E-state index contributed by atoms with van der Waals surface area (Å²) in [7, 11) is 0. The average molecular weight is 467 g/mol. The number of aliphatic carboxylic acids is 1. The monoisotopic (exact) mass is 467 g/mol. The van der Waals surface area contributed by atoms with Gasteiger partial charge in [0.15, 0.2) is 0 Å². The van der Waals surface area contributed by atoms with Gasteiger partial charge in [-0.05, 0) is 57.5 Å². The molecule has 0 amide bonds. The maximum absolute atomic E-state index is 10.6. The lowest BCUT2D eigenvalue weighted by molar-refractivity contribution is -0.192. The van der Waals surface area contributed by atoms with Crippen molar-refractivity contribution in [3.63, 3.8) is 0 Å². The van der Waals surface area contributed by atoms with Crippen molar-refractivity contribution in [2.45, 2.75) is 57.5 Å². The first-order valence-electron chi connectivity index (χ1n) is 10.7. The molecule has 2 N–H and O–H groups in total. The number of hydrogen-bond donors (Lipinski definition) is 2. The number of nitrogens with one attached hydrogen (secondary N) is 1. The van der Waals surface area contributed by atoms with Crippen LogP contribution in [0.2, 0.25) is 0 Å². The number of anilines is 1. The van der Waals surface area contributed by atoms with Crippen molar-refractivity contribution in [2.75, 3.05) is 25.0 Å². The number of carboxylic acids is 1. The number of carboxylic acid groups (broad SMARTS) is 1. The predicted octanol–water partition coefficient (Wildman–Crippen LogP) is 3.36. The molecule has 2 aromatic rings. The van der Waals surface area contributed by atoms with E-state index < -0.39 is 12.1 Å². The molecular formula is C22H28F3N5O3. The highest BCUT2D eigenvalue weighted by molar-refractivity contribution is 5.73. The van der Waals surface area contributed by atoms with E-state index in [1.807, 2.05) is 32.0 Å². The van der Waals surface area contributed by atoms with Crippen molar-refractivity contribution >= 4 is 11.8 Å². The first kappa shape index (κ1) is 24.8. The number of piperidine rings is 1. The number of halogens is 3. The third-order valence-corrected chi connectivity index (χ3v) is 5.55. The molecule has 2 aliphatic rings. The zero-order chi connectivity index (χ0) is 24.1. The number of likely N-dealkylation sites (tertiary alicyclic amines) is 1. The second-order valence-corrected chi connectivity index (χ2v) is 8.49. The van der Waals surface area contributed by atoms with Crippen LogP contribution in [0.25, 0.3) is 0 Å². The lowest BCUT2D eigenvalue weighted by Gasteiger charge is -2.39. The molecule has 8 nitrogen and oxygen atoms in total. The summed E-state index contributed by atoms with van der Waals surface area (Å²) in [6.07, 6.45) is -1.77. The lowest BCUT2D eigenvalue weighted by atomic mass is 9.88. The number of ether oxygens (including phenoxy) is 1. The zero-order valence-corrected chi connectivity index (χ0v) is 18.6. The summed E-state index contributed by atoms with van der Waals surface area (Å²) in [6, 6.07) is 10.5. The Hall–Kier alpha value is -2.79. The molecule has 2 aromatic heterocycles. The van der Waals surface area contributed by atoms with Gasteiger partial charge in [-0.15, -0.1) is 5.10 Å². The fourth-order valence-corrected chi connectivity index (χ4v) is 4.15. The molecule has 2 saturated heterocycles. The molecular weight excluding hydrogens is 439 g/mol. The first-order valence-corrected chi connectivity index (χ1v) is 10.7. The van der Waals surface area contributed by atoms with Gasteiger partial charge in [-0.2, -0.15) is 18.3 Å². The fourth-order valence-electron chi connectivity index (χ4n) is 4.15. The Morgan fingerprint density at radius 3 is 2.64 bits per heavy atom. The molecule has 2 unspecified atom stereocenters. The molecule has 33 heavy (non-hydrogen) atoms. The van der Waals surface area contributed by atoms with Gasteiger partial charge < -0.3 is 15.2 Å². The number of carbonyl (C=O) groups is 1. The number of aromatic nitrogens is 3. The molecule has 4 heterocycles. The van der Waals surface area contributed by atoms with Crippen LogP contribution in [0.15, 0.2) is 30.3 Å². The second kappa shape index (κ2) is 10.4. The first-order chi connectivity index (χ1) is 15.5. The van der Waals surface area contributed by atoms with Crippen LogP contribution < -0.4 is 5.32 Å². The number of alkyl halides is 3. The lowest BCUT2D eigenvalue weighted by Crippen LogP contribution is -2.47. The van der Waals surface area contributed by atoms with Gasteiger partial charge in [-0.1, -0.05) is 6.07 Å². The van der Waals surface area contributed by atoms with Gasteiger partial charge in [-0.25, -0.2) is 4.79 Å². The van der Waals surface area contributed by atoms with Gasteiger partial charge in [0.1, 0.15) is 5.82 Å². The molecule has 180 valence electrons. The molecule has 0 aliphatic carbocycles. The number of hydrogen-bond acceptors (Lipinski definition) is 7. The number of aryl methyl sites for hydroxylation is 2. The quantitative estimate of drug-likeness (QED) is 0.706. The highest BCUT2D eigenvalue weighted by atomic mass is 19.4. The average Bonchev–Trinajstić information content (AvgIpc) is 3.11. The molecule has 2 aliphatic heterocycles. The third kappa shape index (κ3) is 7.36. The van der Waals surface area contributed by atoms with E-state index in [1.165, 1.54) is 6.42 Å². The van der Waals surface area contributed by atoms with Crippen LogP contribution in [0.1, 0.15) is 36.3 Å². The van der Waals surface area contributed by atoms with E-state index in [9.17, 15) is 13.2 Å². The van der Waals surface area contributed by atoms with Crippen molar-refractivity contribution in [3.8, 4) is 0 Å². The summed E-state index contributed by atoms with van der Waals surface area (Å²) in [5.74, 6) is -1.93. The van der Waals surface area contributed by atoms with E-state index >= 15 is 0 Å². The van der Waals surface area contributed by atoms with Crippen LogP contribution in [0.5, 0.6) is 0 Å². The smallest absolute Gasteiger partial charge is 0.475 e. The summed E-state index contributed by atoms with van der Waals surface area (Å²) in [5.41, 5.74) is 3.11. The van der Waals surface area contributed by atoms with Gasteiger partial charge >= 0.3 is 12.1 Å². The van der Waals surface area contributed by atoms with E-state index in [1.54, 1.807) is 0 Å². The van der Waals surface area contributed by atoms with E-state index in [0.29, 0.717) is 6.04 Å². The highest BCUT2D eigenvalue weighted by Crippen LogP contribution is 2.36. The molecule has 0 radical (unpaired) electrons. The minimum absolute atomic E-state index is 0.0438. The number of nitrogens with zero attached hydrogens (tertiary/aromatic N) is 4. The molecule has 11 heteroatoms. The Balaban J connectivity index is 0.000000383. The Kier molecular flexibility index (Phi) is 7.85. The topological polar surface area (TPSA) is 100 Å². The van der Waals surface area contributed by atoms with Crippen LogP contribution in [0, 0.1) is 13.8 Å². The maximum atomic E-state index is 10.6. The van der Waals surface area contributed by atoms with Gasteiger partial charge in [0, 0.05) is 25.2 Å². The second-order valence-electron chi connectivity index (χ2n) is 8.49. The third-order valence-electron chi connectivity index (χ3n) is 5.55. The normalized spacial score (nSPS) is 23.1. The molecule has 0 bridgehead atoms. The van der Waals surface area contributed by atoms with E-state index in [0.717, 1.165) is 62.0 Å². The molecule has 1 spiro atoms. The summed E-state index contributed by atoms with van der Waals surface area (Å²) in [6.45, 7) is 7.71. The Labute approximate surface area is 190 Å². The SMILES string of the molecule is Cc1ccc(NC2COC3(CCCN(Cc4cccc(C)n4)C3)C2)nn1.O=C(O)C(F)(F)F. The maximum Gasteiger partial charge on any atom is 0.490 e. The largest absolute Gasteiger partial charge is 0.490 e. The van der Waals surface area contributed by atoms with Gasteiger partial charge in [0.05, 0.1) is 29.6 Å². The molecule has 0 aromatic carbocycles. The highest BCUT2D eigenvalue weighted by Gasteiger charge is 2.43. The molecule has 0 saturated carbocycles. The van der Waals surface area contributed by atoms with E-state index in [2.05, 4.69) is 37.5 Å². The summed E-state index contributed by atoms with van der Waals surface area (Å²) in [5, 5.41) is 18.9. The van der Waals surface area contributed by atoms with E-state index in [-0.39, 0.29) is 5.60 Å². The Bertz CT molecular complexity index is 942. The Morgan fingerprint density at radius 2 is 2.00 bits per heavy atom. The van der Waals surface area contributed by atoms with Gasteiger partial charge in [0.25, 0.3) is 0 Å². The summed E-state index contributed by atoms with van der Waals surface area (Å²) < 4.78 is 38.0. The minimum atomic E-state index is -5.08. The van der Waals surface area contributed by atoms with Crippen molar-refractivity contribution in [1.29, 1.82) is 0 Å². The van der Waals surface area contributed by atoms with Crippen LogP contribution in [-0.2, 0) is 16.1 Å². The van der Waals surface area contributed by atoms with E-state index in [4.69, 9.17) is 14.6 Å². The van der Waals surface area contributed by atoms with Gasteiger partial charge in [-0.3, -0.25) is 9.88 Å². The number of rotatable bonds is 4. The molecule has 2 fully saturated rings. The Morgan fingerprint density at radius 1 is 1.24 bits per heavy atom. The standard InChI is InChI=1S/C20H27N5O.C2HF3O2/c1-15-5-3-6-17(21-15)12-25-10-4-9-20(14-25)11-18(13-26-20)22-19-8-7-16(2)23-24-19;3-2(4,5)1(6)7/h3,5-8,18H,4,9-14H2,1-2H3,(H,22,24);(H,6,7). The molecule has 2 atom stereocenters. The van der Waals surface area contributed by atoms with Crippen molar-refractivity contribution in [1.82, 2.24) is 20.1 Å². The van der Waals surface area contributed by atoms with Crippen molar-refractivity contribution in [3.05, 3.63) is 47.4 Å². The molecule has 4 rings (SSSR count).